The molecule has 0 aliphatic heterocycles. The Morgan fingerprint density at radius 2 is 2.04 bits per heavy atom. The highest BCUT2D eigenvalue weighted by Gasteiger charge is 2.43. The van der Waals surface area contributed by atoms with E-state index in [-0.39, 0.29) is 5.41 Å². The van der Waals surface area contributed by atoms with Crippen molar-refractivity contribution in [3.05, 3.63) is 53.5 Å². The molecule has 0 N–H and O–H groups in total. The van der Waals surface area contributed by atoms with Crippen molar-refractivity contribution in [3.8, 4) is 5.88 Å². The monoisotopic (exact) mass is 378 g/mol. The molecule has 0 radical (unpaired) electrons. The van der Waals surface area contributed by atoms with Gasteiger partial charge in [0, 0.05) is 35.9 Å². The van der Waals surface area contributed by atoms with Crippen LogP contribution in [0.3, 0.4) is 0 Å². The molecule has 2 saturated carbocycles. The molecule has 0 amide bonds. The van der Waals surface area contributed by atoms with E-state index in [1.54, 1.807) is 0 Å². The van der Waals surface area contributed by atoms with Crippen LogP contribution in [0.25, 0.3) is 0 Å². The molecule has 0 spiro atoms. The summed E-state index contributed by atoms with van der Waals surface area (Å²) in [6.07, 6.45) is 12.7. The van der Waals surface area contributed by atoms with Crippen LogP contribution in [-0.4, -0.2) is 22.4 Å². The van der Waals surface area contributed by atoms with E-state index in [0.717, 1.165) is 30.7 Å². The second-order valence-electron chi connectivity index (χ2n) is 9.09. The minimum absolute atomic E-state index is 0.0352. The number of hydrogen-bond donors (Lipinski definition) is 0. The Morgan fingerprint density at radius 1 is 1.29 bits per heavy atom. The van der Waals surface area contributed by atoms with E-state index >= 15 is 0 Å². The largest absolute Gasteiger partial charge is 0.477 e. The zero-order valence-corrected chi connectivity index (χ0v) is 17.2. The SMILES string of the molecule is C=C1C(C2CC2COc2nc(C)ncc2C2CCC(=O)CC2)=CC=CC1(C)C. The average molecular weight is 379 g/mol. The summed E-state index contributed by atoms with van der Waals surface area (Å²) >= 11 is 0. The van der Waals surface area contributed by atoms with Crippen molar-refractivity contribution in [2.45, 2.75) is 58.8 Å². The summed E-state index contributed by atoms with van der Waals surface area (Å²) in [5, 5.41) is 0. The predicted molar refractivity (Wildman–Crippen MR) is 110 cm³/mol. The van der Waals surface area contributed by atoms with E-state index in [1.165, 1.54) is 11.1 Å². The molecule has 3 aliphatic carbocycles. The molecule has 1 heterocycles. The Hall–Kier alpha value is -2.23. The van der Waals surface area contributed by atoms with E-state index in [0.29, 0.717) is 48.9 Å². The van der Waals surface area contributed by atoms with Gasteiger partial charge in [-0.3, -0.25) is 4.79 Å². The maximum absolute atomic E-state index is 11.6. The lowest BCUT2D eigenvalue weighted by molar-refractivity contribution is -0.120. The molecular formula is C24H30N2O2. The second kappa shape index (κ2) is 7.31. The Balaban J connectivity index is 1.42. The van der Waals surface area contributed by atoms with E-state index in [4.69, 9.17) is 4.74 Å². The van der Waals surface area contributed by atoms with Crippen LogP contribution in [0.2, 0.25) is 0 Å². The number of rotatable bonds is 5. The number of ether oxygens (including phenoxy) is 1. The molecule has 148 valence electrons. The van der Waals surface area contributed by atoms with Gasteiger partial charge in [-0.1, -0.05) is 38.7 Å². The van der Waals surface area contributed by atoms with Crippen LogP contribution >= 0.6 is 0 Å². The third-order valence-electron chi connectivity index (χ3n) is 6.55. The summed E-state index contributed by atoms with van der Waals surface area (Å²) in [6, 6.07) is 0. The minimum atomic E-state index is 0.0352. The van der Waals surface area contributed by atoms with Crippen LogP contribution in [0.1, 0.15) is 63.3 Å². The van der Waals surface area contributed by atoms with Crippen LogP contribution < -0.4 is 4.74 Å². The molecule has 28 heavy (non-hydrogen) atoms. The number of aromatic nitrogens is 2. The van der Waals surface area contributed by atoms with Gasteiger partial charge in [0.05, 0.1) is 6.61 Å². The maximum Gasteiger partial charge on any atom is 0.220 e. The van der Waals surface area contributed by atoms with Crippen molar-refractivity contribution >= 4 is 5.78 Å². The van der Waals surface area contributed by atoms with Gasteiger partial charge in [-0.2, -0.15) is 4.98 Å². The molecular weight excluding hydrogens is 348 g/mol. The molecule has 4 rings (SSSR count). The molecule has 2 atom stereocenters. The van der Waals surface area contributed by atoms with Gasteiger partial charge in [-0.15, -0.1) is 0 Å². The highest BCUT2D eigenvalue weighted by molar-refractivity contribution is 5.79. The number of carbonyl (C=O) groups excluding carboxylic acids is 1. The fourth-order valence-corrected chi connectivity index (χ4v) is 4.42. The smallest absolute Gasteiger partial charge is 0.220 e. The van der Waals surface area contributed by atoms with Gasteiger partial charge >= 0.3 is 0 Å². The van der Waals surface area contributed by atoms with Crippen molar-refractivity contribution in [3.63, 3.8) is 0 Å². The standard InChI is InChI=1S/C24H30N2O2/c1-15-20(6-5-11-24(15,3)4)21-12-18(21)14-28-23-22(13-25-16(2)26-23)17-7-9-19(27)10-8-17/h5-6,11,13,17-18,21H,1,7-10,12,14H2,2-4H3. The summed E-state index contributed by atoms with van der Waals surface area (Å²) in [5.74, 6) is 3.19. The van der Waals surface area contributed by atoms with Crippen molar-refractivity contribution in [1.29, 1.82) is 0 Å². The van der Waals surface area contributed by atoms with E-state index < -0.39 is 0 Å². The van der Waals surface area contributed by atoms with Crippen LogP contribution in [0.4, 0.5) is 0 Å². The zero-order chi connectivity index (χ0) is 19.9. The van der Waals surface area contributed by atoms with E-state index in [9.17, 15) is 4.79 Å². The maximum atomic E-state index is 11.6. The zero-order valence-electron chi connectivity index (χ0n) is 17.2. The number of nitrogens with zero attached hydrogens (tertiary/aromatic N) is 2. The summed E-state index contributed by atoms with van der Waals surface area (Å²) in [4.78, 5) is 20.5. The van der Waals surface area contributed by atoms with E-state index in [2.05, 4.69) is 48.6 Å². The van der Waals surface area contributed by atoms with Crippen LogP contribution in [0.5, 0.6) is 5.88 Å². The van der Waals surface area contributed by atoms with Gasteiger partial charge in [0.1, 0.15) is 11.6 Å². The summed E-state index contributed by atoms with van der Waals surface area (Å²) in [6.45, 7) is 11.4. The average Bonchev–Trinajstić information content (AvgIpc) is 3.43. The second-order valence-corrected chi connectivity index (χ2v) is 9.09. The molecule has 4 nitrogen and oxygen atoms in total. The Bertz CT molecular complexity index is 855. The molecule has 0 bridgehead atoms. The van der Waals surface area contributed by atoms with Crippen molar-refractivity contribution in [1.82, 2.24) is 9.97 Å². The molecule has 1 aromatic heterocycles. The van der Waals surface area contributed by atoms with Crippen molar-refractivity contribution < 1.29 is 9.53 Å². The quantitative estimate of drug-likeness (QED) is 0.715. The Morgan fingerprint density at radius 3 is 2.79 bits per heavy atom. The number of allylic oxidation sites excluding steroid dienone is 5. The number of aryl methyl sites for hydroxylation is 1. The fraction of sp³-hybridized carbons (Fsp3) is 0.542. The third-order valence-corrected chi connectivity index (χ3v) is 6.55. The highest BCUT2D eigenvalue weighted by atomic mass is 16.5. The van der Waals surface area contributed by atoms with Crippen LogP contribution in [-0.2, 0) is 4.79 Å². The molecule has 0 aromatic carbocycles. The van der Waals surface area contributed by atoms with Crippen molar-refractivity contribution in [2.75, 3.05) is 6.61 Å². The first-order valence-corrected chi connectivity index (χ1v) is 10.4. The Labute approximate surface area is 167 Å². The van der Waals surface area contributed by atoms with Gasteiger partial charge in [-0.25, -0.2) is 4.98 Å². The van der Waals surface area contributed by atoms with Gasteiger partial charge in [0.15, 0.2) is 0 Å². The predicted octanol–water partition coefficient (Wildman–Crippen LogP) is 5.11. The van der Waals surface area contributed by atoms with Gasteiger partial charge < -0.3 is 4.74 Å². The van der Waals surface area contributed by atoms with Crippen molar-refractivity contribution in [2.24, 2.45) is 17.3 Å². The molecule has 1 aromatic rings. The molecule has 3 aliphatic rings. The first-order valence-electron chi connectivity index (χ1n) is 10.4. The topological polar surface area (TPSA) is 52.1 Å². The minimum Gasteiger partial charge on any atom is -0.477 e. The third kappa shape index (κ3) is 3.82. The van der Waals surface area contributed by atoms with E-state index in [1.807, 2.05) is 13.1 Å². The highest BCUT2D eigenvalue weighted by Crippen LogP contribution is 2.51. The molecule has 0 saturated heterocycles. The lowest BCUT2D eigenvalue weighted by Crippen LogP contribution is -2.17. The number of hydrogen-bond acceptors (Lipinski definition) is 4. The van der Waals surface area contributed by atoms with Gasteiger partial charge in [0.25, 0.3) is 0 Å². The first-order chi connectivity index (χ1) is 13.3. The number of Topliss-reactive ketones (excluding diaryl/α,β-unsaturated/α-hetero) is 1. The molecule has 4 heteroatoms. The summed E-state index contributed by atoms with van der Waals surface area (Å²) < 4.78 is 6.22. The van der Waals surface area contributed by atoms with Crippen LogP contribution in [0, 0.1) is 24.2 Å². The van der Waals surface area contributed by atoms with Crippen LogP contribution in [0.15, 0.2) is 42.2 Å². The fourth-order valence-electron chi connectivity index (χ4n) is 4.42. The normalized spacial score (nSPS) is 26.9. The lowest BCUT2D eigenvalue weighted by atomic mass is 9.76. The Kier molecular flexibility index (Phi) is 4.98. The molecule has 2 fully saturated rings. The van der Waals surface area contributed by atoms with Gasteiger partial charge in [0.2, 0.25) is 5.88 Å². The summed E-state index contributed by atoms with van der Waals surface area (Å²) in [5.41, 5.74) is 3.72. The summed E-state index contributed by atoms with van der Waals surface area (Å²) in [7, 11) is 0. The number of ketones is 1. The number of carbonyl (C=O) groups is 1. The van der Waals surface area contributed by atoms with Gasteiger partial charge in [-0.05, 0) is 49.2 Å². The first kappa shape index (κ1) is 19.1. The molecule has 2 unspecified atom stereocenters. The lowest BCUT2D eigenvalue weighted by Gasteiger charge is -2.29.